The third-order valence-electron chi connectivity index (χ3n) is 6.16. The maximum Gasteiger partial charge on any atom is 0.192 e. The first-order chi connectivity index (χ1) is 12.0. The Hall–Kier alpha value is -1.00. The average molecular weight is 377 g/mol. The Morgan fingerprint density at radius 1 is 1.12 bits per heavy atom. The largest absolute Gasteiger partial charge is 0.414 e. The first kappa shape index (κ1) is 21.3. The van der Waals surface area contributed by atoms with Crippen LogP contribution in [0.25, 0.3) is 0 Å². The van der Waals surface area contributed by atoms with E-state index in [4.69, 9.17) is 10.2 Å². The maximum absolute atomic E-state index is 6.68. The maximum atomic E-state index is 6.68. The zero-order valence-corrected chi connectivity index (χ0v) is 19.0. The van der Waals surface area contributed by atoms with E-state index in [-0.39, 0.29) is 5.04 Å². The van der Waals surface area contributed by atoms with Crippen LogP contribution in [0.4, 0.5) is 11.4 Å². The van der Waals surface area contributed by atoms with E-state index in [0.29, 0.717) is 18.1 Å². The second-order valence-electron chi connectivity index (χ2n) is 9.91. The van der Waals surface area contributed by atoms with Gasteiger partial charge in [-0.15, -0.1) is 0 Å². The number of hydrogen-bond donors (Lipinski definition) is 1. The van der Waals surface area contributed by atoms with E-state index in [1.165, 1.54) is 31.4 Å². The van der Waals surface area contributed by atoms with E-state index in [2.05, 4.69) is 64.7 Å². The molecule has 1 fully saturated rings. The lowest BCUT2D eigenvalue weighted by Gasteiger charge is -2.44. The topological polar surface area (TPSA) is 38.5 Å². The highest BCUT2D eigenvalue weighted by atomic mass is 28.4. The summed E-state index contributed by atoms with van der Waals surface area (Å²) in [6.07, 6.45) is 5.15. The van der Waals surface area contributed by atoms with Crippen LogP contribution in [-0.2, 0) is 4.43 Å². The number of nitrogens with zero attached hydrogens (tertiary/aromatic N) is 1. The molecule has 148 valence electrons. The number of rotatable bonds is 6. The molecule has 1 aliphatic carbocycles. The van der Waals surface area contributed by atoms with E-state index < -0.39 is 8.32 Å². The second-order valence-corrected chi connectivity index (χ2v) is 14.7. The first-order valence-electron chi connectivity index (χ1n) is 10.3. The van der Waals surface area contributed by atoms with Gasteiger partial charge in [-0.25, -0.2) is 0 Å². The van der Waals surface area contributed by atoms with Crippen molar-refractivity contribution in [1.82, 2.24) is 0 Å². The lowest BCUT2D eigenvalue weighted by Crippen LogP contribution is -2.47. The highest BCUT2D eigenvalue weighted by molar-refractivity contribution is 6.74. The summed E-state index contributed by atoms with van der Waals surface area (Å²) in [6.45, 7) is 17.4. The summed E-state index contributed by atoms with van der Waals surface area (Å²) >= 11 is 0. The molecule has 2 rings (SSSR count). The number of hydrogen-bond acceptors (Lipinski definition) is 3. The molecule has 0 aromatic heterocycles. The minimum atomic E-state index is -1.67. The van der Waals surface area contributed by atoms with Crippen molar-refractivity contribution in [1.29, 1.82) is 0 Å². The van der Waals surface area contributed by atoms with Crippen LogP contribution < -0.4 is 10.6 Å². The quantitative estimate of drug-likeness (QED) is 0.484. The van der Waals surface area contributed by atoms with E-state index >= 15 is 0 Å². The number of nitrogen functional groups attached to an aromatic ring is 1. The van der Waals surface area contributed by atoms with Gasteiger partial charge in [0, 0.05) is 18.7 Å². The molecule has 0 unspecified atom stereocenters. The third-order valence-corrected chi connectivity index (χ3v) is 10.7. The summed E-state index contributed by atoms with van der Waals surface area (Å²) in [6, 6.07) is 8.90. The van der Waals surface area contributed by atoms with E-state index in [1.54, 1.807) is 0 Å². The fourth-order valence-electron chi connectivity index (χ4n) is 3.65. The summed E-state index contributed by atoms with van der Waals surface area (Å²) in [5, 5.41) is 0.284. The molecule has 1 aromatic carbocycles. The fraction of sp³-hybridized carbons (Fsp3) is 0.727. The Kier molecular flexibility index (Phi) is 6.84. The highest BCUT2D eigenvalue weighted by Crippen LogP contribution is 2.40. The number of nitrogens with two attached hydrogens (primary N) is 1. The second kappa shape index (κ2) is 8.35. The predicted molar refractivity (Wildman–Crippen MR) is 117 cm³/mol. The third kappa shape index (κ3) is 5.26. The molecule has 0 atom stereocenters. The van der Waals surface area contributed by atoms with Gasteiger partial charge in [0.05, 0.1) is 11.4 Å². The van der Waals surface area contributed by atoms with Crippen molar-refractivity contribution in [2.45, 2.75) is 90.6 Å². The van der Waals surface area contributed by atoms with Crippen LogP contribution in [0.2, 0.25) is 18.1 Å². The molecule has 1 aromatic rings. The molecule has 0 radical (unpaired) electrons. The molecule has 0 spiro atoms. The molecule has 4 heteroatoms. The van der Waals surface area contributed by atoms with Crippen molar-refractivity contribution in [2.24, 2.45) is 5.92 Å². The van der Waals surface area contributed by atoms with E-state index in [1.807, 2.05) is 12.1 Å². The van der Waals surface area contributed by atoms with Crippen molar-refractivity contribution in [3.8, 4) is 0 Å². The van der Waals surface area contributed by atoms with Crippen LogP contribution >= 0.6 is 0 Å². The summed E-state index contributed by atoms with van der Waals surface area (Å²) in [4.78, 5) is 2.56. The molecule has 3 nitrogen and oxygen atoms in total. The Balaban J connectivity index is 2.05. The Labute approximate surface area is 162 Å². The van der Waals surface area contributed by atoms with Gasteiger partial charge in [0.25, 0.3) is 0 Å². The highest BCUT2D eigenvalue weighted by Gasteiger charge is 2.40. The first-order valence-corrected chi connectivity index (χ1v) is 13.2. The summed E-state index contributed by atoms with van der Waals surface area (Å²) in [7, 11) is -1.67. The van der Waals surface area contributed by atoms with Gasteiger partial charge in [0.15, 0.2) is 8.32 Å². The lowest BCUT2D eigenvalue weighted by molar-refractivity contribution is 0.129. The van der Waals surface area contributed by atoms with E-state index in [0.717, 1.165) is 12.2 Å². The molecule has 2 N–H and O–H groups in total. The van der Waals surface area contributed by atoms with Gasteiger partial charge in [0.2, 0.25) is 0 Å². The van der Waals surface area contributed by atoms with Crippen LogP contribution in [0.15, 0.2) is 24.3 Å². The molecule has 0 saturated heterocycles. The normalized spacial score (nSPS) is 21.8. The SMILES string of the molecule is CC(C)CN(c1ccccc1N)C1CCC(O[Si](C)(C)C(C)(C)C)CC1. The van der Waals surface area contributed by atoms with Crippen LogP contribution in [0, 0.1) is 5.92 Å². The summed E-state index contributed by atoms with van der Waals surface area (Å²) in [5.41, 5.74) is 8.40. The van der Waals surface area contributed by atoms with Gasteiger partial charge in [0.1, 0.15) is 0 Å². The van der Waals surface area contributed by atoms with Gasteiger partial charge in [-0.2, -0.15) is 0 Å². The zero-order valence-electron chi connectivity index (χ0n) is 18.0. The molecular formula is C22H40N2OSi. The van der Waals surface area contributed by atoms with Crippen molar-refractivity contribution >= 4 is 19.7 Å². The van der Waals surface area contributed by atoms with E-state index in [9.17, 15) is 0 Å². The van der Waals surface area contributed by atoms with Gasteiger partial charge in [-0.1, -0.05) is 46.8 Å². The molecule has 1 saturated carbocycles. The molecule has 1 aliphatic rings. The minimum absolute atomic E-state index is 0.284. The monoisotopic (exact) mass is 376 g/mol. The fourth-order valence-corrected chi connectivity index (χ4v) is 5.08. The van der Waals surface area contributed by atoms with Crippen molar-refractivity contribution in [2.75, 3.05) is 17.2 Å². The van der Waals surface area contributed by atoms with Crippen LogP contribution in [-0.4, -0.2) is 27.0 Å². The molecule has 0 aliphatic heterocycles. The Morgan fingerprint density at radius 3 is 2.19 bits per heavy atom. The summed E-state index contributed by atoms with van der Waals surface area (Å²) in [5.74, 6) is 0.621. The Bertz CT molecular complexity index is 572. The van der Waals surface area contributed by atoms with Gasteiger partial charge < -0.3 is 15.1 Å². The van der Waals surface area contributed by atoms with Crippen LogP contribution in [0.1, 0.15) is 60.3 Å². The summed E-state index contributed by atoms with van der Waals surface area (Å²) < 4.78 is 6.68. The van der Waals surface area contributed by atoms with Gasteiger partial charge >= 0.3 is 0 Å². The standard InChI is InChI=1S/C22H40N2OSi/c1-17(2)16-24(21-11-9-8-10-20(21)23)18-12-14-19(15-13-18)25-26(6,7)22(3,4)5/h8-11,17-19H,12-16,23H2,1-7H3. The van der Waals surface area contributed by atoms with Crippen molar-refractivity contribution in [3.05, 3.63) is 24.3 Å². The van der Waals surface area contributed by atoms with Gasteiger partial charge in [-0.3, -0.25) is 0 Å². The smallest absolute Gasteiger partial charge is 0.192 e. The van der Waals surface area contributed by atoms with Crippen molar-refractivity contribution < 1.29 is 4.43 Å². The zero-order chi connectivity index (χ0) is 19.5. The molecule has 0 heterocycles. The van der Waals surface area contributed by atoms with Gasteiger partial charge in [-0.05, 0) is 61.9 Å². The van der Waals surface area contributed by atoms with Crippen molar-refractivity contribution in [3.63, 3.8) is 0 Å². The molecular weight excluding hydrogens is 336 g/mol. The lowest BCUT2D eigenvalue weighted by atomic mass is 9.91. The van der Waals surface area contributed by atoms with Crippen LogP contribution in [0.3, 0.4) is 0 Å². The average Bonchev–Trinajstić information content (AvgIpc) is 2.53. The molecule has 26 heavy (non-hydrogen) atoms. The number of benzene rings is 1. The molecule has 0 bridgehead atoms. The Morgan fingerprint density at radius 2 is 1.69 bits per heavy atom. The van der Waals surface area contributed by atoms with Crippen LogP contribution in [0.5, 0.6) is 0 Å². The minimum Gasteiger partial charge on any atom is -0.414 e. The number of anilines is 2. The predicted octanol–water partition coefficient (Wildman–Crippen LogP) is 6.06. The molecule has 0 amide bonds. The number of para-hydroxylation sites is 2.